The predicted molar refractivity (Wildman–Crippen MR) is 6.08 cm³/mol. The average Bonchev–Trinajstić information content (AvgIpc) is 1.41. The molecule has 0 spiro atoms. The fraction of sp³-hybridized carbons (Fsp3) is 0. The summed E-state index contributed by atoms with van der Waals surface area (Å²) in [6.07, 6.45) is -2.33. The third-order valence-corrected chi connectivity index (χ3v) is 0. The molecular formula is CAg2O4-2. The molecule has 1 radical (unpaired) electrons. The minimum atomic E-state index is -2.33. The average molecular weight is 292 g/mol. The van der Waals surface area contributed by atoms with Crippen molar-refractivity contribution >= 4 is 6.16 Å². The van der Waals surface area contributed by atoms with Crippen molar-refractivity contribution in [1.29, 1.82) is 0 Å². The molecule has 0 aliphatic rings. The molecule has 4 nitrogen and oxygen atoms in total. The number of hydrogen-bond acceptors (Lipinski definition) is 4. The summed E-state index contributed by atoms with van der Waals surface area (Å²) in [5.74, 6) is 0. The van der Waals surface area contributed by atoms with Crippen molar-refractivity contribution in [2.45, 2.75) is 0 Å². The second-order valence-corrected chi connectivity index (χ2v) is 0.250. The Morgan fingerprint density at radius 2 is 1.29 bits per heavy atom. The molecular weight excluding hydrogens is 292 g/mol. The summed E-state index contributed by atoms with van der Waals surface area (Å²) < 4.78 is 8.06. The topological polar surface area (TPSA) is 80.3 Å². The van der Waals surface area contributed by atoms with E-state index in [1.54, 1.807) is 21.0 Å². The fourth-order valence-corrected chi connectivity index (χ4v) is 0. The van der Waals surface area contributed by atoms with E-state index < -0.39 is 6.16 Å². The van der Waals surface area contributed by atoms with Crippen molar-refractivity contribution in [1.82, 2.24) is 0 Å². The maximum absolute atomic E-state index is 8.33. The van der Waals surface area contributed by atoms with Crippen molar-refractivity contribution in [3.63, 3.8) is 0 Å². The molecule has 0 aromatic rings. The van der Waals surface area contributed by atoms with E-state index in [0.29, 0.717) is 0 Å². The summed E-state index contributed by atoms with van der Waals surface area (Å²) in [4.78, 5) is 8.33. The number of carbonyl (C=O) groups excluding carboxylic acids is 1. The van der Waals surface area contributed by atoms with Crippen LogP contribution in [0.5, 0.6) is 0 Å². The van der Waals surface area contributed by atoms with Gasteiger partial charge in [0.25, 0.3) is 0 Å². The van der Waals surface area contributed by atoms with Crippen LogP contribution in [0.15, 0.2) is 0 Å². The Hall–Kier alpha value is 0.551. The molecule has 6 heteroatoms. The fourth-order valence-electron chi connectivity index (χ4n) is 0. The third-order valence-electron chi connectivity index (χ3n) is 0. The number of carbonyl (C=O) groups is 1. The van der Waals surface area contributed by atoms with Gasteiger partial charge in [0, 0.05) is 22.4 Å². The molecule has 0 rings (SSSR count). The first kappa shape index (κ1) is 15.6. The van der Waals surface area contributed by atoms with Gasteiger partial charge in [0.2, 0.25) is 0 Å². The van der Waals surface area contributed by atoms with E-state index in [9.17, 15) is 0 Å². The molecule has 0 saturated carbocycles. The Balaban J connectivity index is -0.0000000480. The van der Waals surface area contributed by atoms with Gasteiger partial charge in [-0.05, 0) is 6.16 Å². The minimum absolute atomic E-state index is 0. The maximum atomic E-state index is 8.33. The second-order valence-electron chi connectivity index (χ2n) is 0.250. The standard InChI is InChI=1S/CH2O3.2Ag.O/c2-1(3)4;;;/h(H2,2,3,4);;;/p-2. The molecule has 0 N–H and O–H groups in total. The third kappa shape index (κ3) is 448. The SMILES string of the molecule is O=C([O-])[O-].[Ag].[O]=[Ag]. The van der Waals surface area contributed by atoms with Crippen molar-refractivity contribution in [3.8, 4) is 0 Å². The predicted octanol–water partition coefficient (Wildman–Crippen LogP) is -2.57. The zero-order valence-electron chi connectivity index (χ0n) is 2.74. The Morgan fingerprint density at radius 3 is 1.29 bits per heavy atom. The number of carboxylic acid groups (broad SMARTS) is 2. The molecule has 0 aliphatic carbocycles. The van der Waals surface area contributed by atoms with E-state index in [2.05, 4.69) is 0 Å². The first-order valence-electron chi connectivity index (χ1n) is 0.735. The van der Waals surface area contributed by atoms with Crippen LogP contribution in [0.25, 0.3) is 0 Å². The van der Waals surface area contributed by atoms with E-state index in [-0.39, 0.29) is 22.4 Å². The van der Waals surface area contributed by atoms with Crippen LogP contribution >= 0.6 is 0 Å². The summed E-state index contributed by atoms with van der Waals surface area (Å²) in [7, 11) is 0. The molecule has 0 atom stereocenters. The van der Waals surface area contributed by atoms with Crippen LogP contribution in [0.3, 0.4) is 0 Å². The zero-order chi connectivity index (χ0) is 5.58. The summed E-state index contributed by atoms with van der Waals surface area (Å²) in [5, 5.41) is 16.7. The molecule has 0 bridgehead atoms. The zero-order valence-corrected chi connectivity index (χ0v) is 5.70. The molecule has 52 valence electrons. The molecule has 0 aromatic carbocycles. The van der Waals surface area contributed by atoms with Crippen molar-refractivity contribution < 1.29 is 61.7 Å². The van der Waals surface area contributed by atoms with E-state index in [0.717, 1.165) is 0 Å². The monoisotopic (exact) mass is 290 g/mol. The molecule has 0 amide bonds. The van der Waals surface area contributed by atoms with Gasteiger partial charge >= 0.3 is 24.3 Å². The molecule has 0 saturated heterocycles. The van der Waals surface area contributed by atoms with Gasteiger partial charge in [0.05, 0.1) is 0 Å². The van der Waals surface area contributed by atoms with E-state index in [1.807, 2.05) is 0 Å². The normalized spacial score (nSPS) is 4.29. The van der Waals surface area contributed by atoms with Gasteiger partial charge < -0.3 is 15.0 Å². The summed E-state index contributed by atoms with van der Waals surface area (Å²) in [6.45, 7) is 0. The second kappa shape index (κ2) is 16.0. The van der Waals surface area contributed by atoms with Crippen LogP contribution in [0, 0.1) is 0 Å². The van der Waals surface area contributed by atoms with Crippen LogP contribution in [-0.2, 0) is 46.7 Å². The summed E-state index contributed by atoms with van der Waals surface area (Å²) >= 11 is 1.70. The van der Waals surface area contributed by atoms with E-state index in [1.165, 1.54) is 0 Å². The molecule has 0 heterocycles. The van der Waals surface area contributed by atoms with Crippen LogP contribution < -0.4 is 10.2 Å². The van der Waals surface area contributed by atoms with Gasteiger partial charge in [-0.15, -0.1) is 0 Å². The van der Waals surface area contributed by atoms with Gasteiger partial charge in [0.1, 0.15) is 0 Å². The summed E-state index contributed by atoms with van der Waals surface area (Å²) in [5.41, 5.74) is 0. The van der Waals surface area contributed by atoms with E-state index in [4.69, 9.17) is 18.3 Å². The van der Waals surface area contributed by atoms with Crippen molar-refractivity contribution in [3.05, 3.63) is 0 Å². The Bertz CT molecular complexity index is 41.0. The molecule has 0 aromatic heterocycles. The first-order chi connectivity index (χ1) is 2.73. The van der Waals surface area contributed by atoms with Crippen molar-refractivity contribution in [2.75, 3.05) is 0 Å². The van der Waals surface area contributed by atoms with Crippen LogP contribution in [0.4, 0.5) is 4.79 Å². The van der Waals surface area contributed by atoms with Crippen LogP contribution in [0.1, 0.15) is 0 Å². The molecule has 0 fully saturated rings. The van der Waals surface area contributed by atoms with Gasteiger partial charge in [-0.2, -0.15) is 0 Å². The van der Waals surface area contributed by atoms with E-state index >= 15 is 0 Å². The first-order valence-corrected chi connectivity index (χ1v) is 1.34. The van der Waals surface area contributed by atoms with Gasteiger partial charge in [-0.3, -0.25) is 0 Å². The number of hydrogen-bond donors (Lipinski definition) is 0. The Morgan fingerprint density at radius 1 is 1.29 bits per heavy atom. The quantitative estimate of drug-likeness (QED) is 0.460. The van der Waals surface area contributed by atoms with Gasteiger partial charge in [-0.25, -0.2) is 0 Å². The van der Waals surface area contributed by atoms with Crippen LogP contribution in [-0.4, -0.2) is 6.16 Å². The van der Waals surface area contributed by atoms with Crippen molar-refractivity contribution in [2.24, 2.45) is 0 Å². The molecule has 7 heavy (non-hydrogen) atoms. The summed E-state index contributed by atoms with van der Waals surface area (Å²) in [6, 6.07) is 0. The van der Waals surface area contributed by atoms with Gasteiger partial charge in [0.15, 0.2) is 0 Å². The molecule has 0 unspecified atom stereocenters. The van der Waals surface area contributed by atoms with Crippen LogP contribution in [0.2, 0.25) is 0 Å². The Labute approximate surface area is 67.7 Å². The van der Waals surface area contributed by atoms with Gasteiger partial charge in [-0.1, -0.05) is 0 Å². The molecule has 0 aliphatic heterocycles. The number of rotatable bonds is 0. The Kier molecular flexibility index (Phi) is 35.8.